The van der Waals surface area contributed by atoms with Crippen molar-refractivity contribution in [3.05, 3.63) is 35.5 Å². The maximum atomic E-state index is 12.5. The first-order chi connectivity index (χ1) is 20.5. The van der Waals surface area contributed by atoms with Crippen molar-refractivity contribution in [2.45, 2.75) is 113 Å². The summed E-state index contributed by atoms with van der Waals surface area (Å²) in [4.78, 5) is 37.6. The summed E-state index contributed by atoms with van der Waals surface area (Å²) in [7, 11) is 3.41. The van der Waals surface area contributed by atoms with Gasteiger partial charge >= 0.3 is 0 Å². The van der Waals surface area contributed by atoms with Crippen molar-refractivity contribution in [3.8, 4) is 0 Å². The first-order valence-corrected chi connectivity index (χ1v) is 16.4. The zero-order valence-corrected chi connectivity index (χ0v) is 29.5. The summed E-state index contributed by atoms with van der Waals surface area (Å²) in [5.41, 5.74) is 3.61. The molecule has 1 aromatic heterocycles. The summed E-state index contributed by atoms with van der Waals surface area (Å²) in [6, 6.07) is 6.03. The van der Waals surface area contributed by atoms with Crippen LogP contribution in [-0.2, 0) is 25.8 Å². The molecule has 0 aliphatic rings. The van der Waals surface area contributed by atoms with Crippen LogP contribution in [0.2, 0.25) is 0 Å². The summed E-state index contributed by atoms with van der Waals surface area (Å²) >= 11 is 0. The number of H-pyrrole nitrogens is 1. The van der Waals surface area contributed by atoms with E-state index >= 15 is 0 Å². The number of hydrogen-bond acceptors (Lipinski definition) is 6. The van der Waals surface area contributed by atoms with E-state index in [1.165, 1.54) is 42.9 Å². The van der Waals surface area contributed by atoms with Crippen LogP contribution in [0.1, 0.15) is 105 Å². The Balaban J connectivity index is 0. The largest absolute Gasteiger partial charge is 0.361 e. The molecule has 0 saturated carbocycles. The number of Topliss-reactive ketones (excluding diaryl/α,β-unsaturated/α-hetero) is 1. The molecule has 2 rings (SSSR count). The van der Waals surface area contributed by atoms with Gasteiger partial charge in [-0.25, -0.2) is 9.78 Å². The lowest BCUT2D eigenvalue weighted by Crippen LogP contribution is -2.45. The fourth-order valence-corrected chi connectivity index (χ4v) is 4.37. The third-order valence-corrected chi connectivity index (χ3v) is 6.68. The van der Waals surface area contributed by atoms with Crippen molar-refractivity contribution in [3.63, 3.8) is 0 Å². The molecule has 0 saturated heterocycles. The van der Waals surface area contributed by atoms with Crippen LogP contribution < -0.4 is 10.6 Å². The summed E-state index contributed by atoms with van der Waals surface area (Å²) in [5.74, 6) is 1.08. The van der Waals surface area contributed by atoms with Gasteiger partial charge in [-0.3, -0.25) is 14.5 Å². The first kappa shape index (κ1) is 42.9. The predicted octanol–water partition coefficient (Wildman–Crippen LogP) is 7.25. The number of nitrogens with one attached hydrogen (secondary N) is 3. The molecule has 43 heavy (non-hydrogen) atoms. The van der Waals surface area contributed by atoms with Crippen LogP contribution in [-0.4, -0.2) is 74.6 Å². The highest BCUT2D eigenvalue weighted by Gasteiger charge is 2.21. The Morgan fingerprint density at radius 2 is 1.72 bits per heavy atom. The minimum atomic E-state index is -0.191. The van der Waals surface area contributed by atoms with Gasteiger partial charge in [0.1, 0.15) is 5.78 Å². The molecule has 250 valence electrons. The highest BCUT2D eigenvalue weighted by atomic mass is 17.2. The number of nitrogens with zero attached hydrogens (tertiary/aromatic N) is 1. The number of aromatic nitrogens is 1. The van der Waals surface area contributed by atoms with Gasteiger partial charge in [-0.2, -0.15) is 0 Å². The fraction of sp³-hybridized carbons (Fsp3) is 0.714. The number of likely N-dealkylation sites (N-methyl/N-ethyl adjacent to an activating group) is 1. The van der Waals surface area contributed by atoms with Gasteiger partial charge in [0, 0.05) is 36.6 Å². The normalized spacial score (nSPS) is 11.2. The second-order valence-electron chi connectivity index (χ2n) is 11.2. The zero-order chi connectivity index (χ0) is 33.0. The van der Waals surface area contributed by atoms with Crippen molar-refractivity contribution in [2.75, 3.05) is 46.9 Å². The topological polar surface area (TPSA) is 95.7 Å². The molecule has 0 bridgehead atoms. The quantitative estimate of drug-likeness (QED) is 0.0998. The van der Waals surface area contributed by atoms with Crippen LogP contribution in [0, 0.1) is 12.8 Å². The second kappa shape index (κ2) is 28.5. The molecule has 8 heteroatoms. The molecule has 3 N–H and O–H groups in total. The van der Waals surface area contributed by atoms with E-state index in [0.717, 1.165) is 43.8 Å². The Hall–Kier alpha value is -2.26. The highest BCUT2D eigenvalue weighted by Crippen LogP contribution is 2.22. The summed E-state index contributed by atoms with van der Waals surface area (Å²) in [6.45, 7) is 22.9. The number of carbonyl (C=O) groups is 2. The van der Waals surface area contributed by atoms with E-state index in [9.17, 15) is 9.59 Å². The van der Waals surface area contributed by atoms with Gasteiger partial charge < -0.3 is 15.6 Å². The minimum Gasteiger partial charge on any atom is -0.361 e. The van der Waals surface area contributed by atoms with Crippen molar-refractivity contribution >= 4 is 22.6 Å². The number of benzene rings is 1. The molecule has 0 spiro atoms. The number of aryl methyl sites for hydroxylation is 1. The molecule has 0 fully saturated rings. The number of amides is 1. The van der Waals surface area contributed by atoms with Crippen molar-refractivity contribution in [1.29, 1.82) is 0 Å². The Morgan fingerprint density at radius 3 is 2.16 bits per heavy atom. The smallest absolute Gasteiger partial charge is 0.237 e. The van der Waals surface area contributed by atoms with E-state index in [4.69, 9.17) is 0 Å². The SMILES string of the molecule is CCC(C(=O)NCCc1c[nH]c2cccc(C)c12)N(C)CCC(C)=O.CCCC(C)C.CCCNCC.CCCOOC. The lowest BCUT2D eigenvalue weighted by Gasteiger charge is -2.25. The van der Waals surface area contributed by atoms with Gasteiger partial charge in [0.2, 0.25) is 5.91 Å². The van der Waals surface area contributed by atoms with Gasteiger partial charge in [0.15, 0.2) is 0 Å². The second-order valence-corrected chi connectivity index (χ2v) is 11.2. The van der Waals surface area contributed by atoms with Gasteiger partial charge in [0.25, 0.3) is 0 Å². The molecule has 1 unspecified atom stereocenters. The maximum Gasteiger partial charge on any atom is 0.237 e. The summed E-state index contributed by atoms with van der Waals surface area (Å²) in [6.07, 6.45) is 8.99. The van der Waals surface area contributed by atoms with Crippen molar-refractivity contribution < 1.29 is 19.4 Å². The third kappa shape index (κ3) is 22.0. The molecule has 0 aliphatic carbocycles. The molecule has 2 aromatic rings. The zero-order valence-electron chi connectivity index (χ0n) is 29.5. The Morgan fingerprint density at radius 1 is 1.02 bits per heavy atom. The monoisotopic (exact) mass is 607 g/mol. The van der Waals surface area contributed by atoms with Crippen molar-refractivity contribution in [2.24, 2.45) is 5.92 Å². The lowest BCUT2D eigenvalue weighted by atomic mass is 10.1. The van der Waals surface area contributed by atoms with E-state index < -0.39 is 0 Å². The fourth-order valence-electron chi connectivity index (χ4n) is 4.37. The van der Waals surface area contributed by atoms with E-state index in [1.54, 1.807) is 6.92 Å². The van der Waals surface area contributed by atoms with E-state index in [-0.39, 0.29) is 17.7 Å². The van der Waals surface area contributed by atoms with Crippen molar-refractivity contribution in [1.82, 2.24) is 20.5 Å². The van der Waals surface area contributed by atoms with Gasteiger partial charge in [-0.15, -0.1) is 0 Å². The van der Waals surface area contributed by atoms with Gasteiger partial charge in [0.05, 0.1) is 19.8 Å². The van der Waals surface area contributed by atoms with Gasteiger partial charge in [-0.05, 0) is 82.8 Å². The maximum absolute atomic E-state index is 12.5. The molecular formula is C35H66N4O4. The van der Waals surface area contributed by atoms with Crippen LogP contribution in [0.15, 0.2) is 24.4 Å². The predicted molar refractivity (Wildman–Crippen MR) is 184 cm³/mol. The average molecular weight is 607 g/mol. The third-order valence-electron chi connectivity index (χ3n) is 6.68. The Labute approximate surface area is 264 Å². The number of aromatic amines is 1. The Kier molecular flexibility index (Phi) is 28.4. The molecule has 8 nitrogen and oxygen atoms in total. The van der Waals surface area contributed by atoms with Crippen LogP contribution in [0.25, 0.3) is 10.9 Å². The number of rotatable bonds is 17. The lowest BCUT2D eigenvalue weighted by molar-refractivity contribution is -0.272. The Bertz CT molecular complexity index is 929. The molecule has 1 atom stereocenters. The number of ketones is 1. The van der Waals surface area contributed by atoms with E-state index in [1.807, 2.05) is 38.1 Å². The number of carbonyl (C=O) groups excluding carboxylic acids is 2. The van der Waals surface area contributed by atoms with Crippen LogP contribution >= 0.6 is 0 Å². The number of hydrogen-bond donors (Lipinski definition) is 3. The van der Waals surface area contributed by atoms with E-state index in [2.05, 4.69) is 79.1 Å². The highest BCUT2D eigenvalue weighted by molar-refractivity contribution is 5.86. The molecule has 1 amide bonds. The van der Waals surface area contributed by atoms with Gasteiger partial charge in [-0.1, -0.05) is 73.4 Å². The van der Waals surface area contributed by atoms with Crippen LogP contribution in [0.3, 0.4) is 0 Å². The number of fused-ring (bicyclic) bond motifs is 1. The molecule has 1 aromatic carbocycles. The first-order valence-electron chi connectivity index (χ1n) is 16.4. The molecule has 0 radical (unpaired) electrons. The van der Waals surface area contributed by atoms with Crippen LogP contribution in [0.4, 0.5) is 0 Å². The van der Waals surface area contributed by atoms with Crippen LogP contribution in [0.5, 0.6) is 0 Å². The van der Waals surface area contributed by atoms with E-state index in [0.29, 0.717) is 26.1 Å². The summed E-state index contributed by atoms with van der Waals surface area (Å²) in [5, 5.41) is 7.50. The molecule has 1 heterocycles. The minimum absolute atomic E-state index is 0.0325. The summed E-state index contributed by atoms with van der Waals surface area (Å²) < 4.78 is 0. The standard InChI is InChI=1S/C20H29N3O2.C6H14.C5H13N.C4H10O2/c1-5-18(23(4)12-10-15(3)24)20(25)21-11-9-16-13-22-17-8-6-7-14(2)19(16)17;1-4-5-6(2)3;1-3-5-6-4-2;1-3-4-6-5-2/h6-8,13,18,22H,5,9-12H2,1-4H3,(H,21,25);6H,4-5H2,1-3H3;6H,3-5H2,1-2H3;3-4H2,1-2H3. The molecule has 0 aliphatic heterocycles. The molecular weight excluding hydrogens is 540 g/mol. The average Bonchev–Trinajstić information content (AvgIpc) is 3.39.